The molecule has 2 aromatic rings. The maximum atomic E-state index is 11.3. The summed E-state index contributed by atoms with van der Waals surface area (Å²) in [5.41, 5.74) is 1.82. The van der Waals surface area contributed by atoms with Crippen LogP contribution in [0, 0.1) is 10.5 Å². The van der Waals surface area contributed by atoms with Crippen LogP contribution in [-0.2, 0) is 6.54 Å². The van der Waals surface area contributed by atoms with Crippen LogP contribution < -0.4 is 5.32 Å². The van der Waals surface area contributed by atoms with Gasteiger partial charge in [-0.15, -0.1) is 11.3 Å². The van der Waals surface area contributed by atoms with Gasteiger partial charge in [0, 0.05) is 14.6 Å². The first-order valence-electron chi connectivity index (χ1n) is 5.35. The Labute approximate surface area is 133 Å². The highest BCUT2D eigenvalue weighted by Gasteiger charge is 2.13. The first-order valence-corrected chi connectivity index (χ1v) is 7.62. The fraction of sp³-hybridized carbons (Fsp3) is 0.167. The molecule has 0 amide bonds. The second-order valence-electron chi connectivity index (χ2n) is 3.88. The standard InChI is InChI=1S/C12H10ClIN2O2S/c1-6-2-7(14)3-9(11(17)18)10(6)15-4-8-5-16-12(13)19-8/h2-3,5,15H,4H2,1H3,(H,17,18). The molecule has 7 heteroatoms. The topological polar surface area (TPSA) is 62.2 Å². The average Bonchev–Trinajstić information content (AvgIpc) is 2.73. The summed E-state index contributed by atoms with van der Waals surface area (Å²) in [6.45, 7) is 2.39. The molecule has 0 atom stereocenters. The summed E-state index contributed by atoms with van der Waals surface area (Å²) >= 11 is 9.24. The molecule has 0 radical (unpaired) electrons. The fourth-order valence-corrected chi connectivity index (χ4v) is 3.38. The van der Waals surface area contributed by atoms with Gasteiger partial charge < -0.3 is 10.4 Å². The van der Waals surface area contributed by atoms with E-state index in [1.54, 1.807) is 12.3 Å². The zero-order chi connectivity index (χ0) is 14.0. The van der Waals surface area contributed by atoms with Crippen LogP contribution in [0.1, 0.15) is 20.8 Å². The van der Waals surface area contributed by atoms with E-state index < -0.39 is 5.97 Å². The Balaban J connectivity index is 2.26. The molecule has 0 saturated carbocycles. The highest BCUT2D eigenvalue weighted by molar-refractivity contribution is 14.1. The lowest BCUT2D eigenvalue weighted by molar-refractivity contribution is 0.0697. The van der Waals surface area contributed by atoms with Gasteiger partial charge in [-0.25, -0.2) is 9.78 Å². The highest BCUT2D eigenvalue weighted by atomic mass is 127. The maximum Gasteiger partial charge on any atom is 0.337 e. The van der Waals surface area contributed by atoms with Crippen LogP contribution in [0.15, 0.2) is 18.3 Å². The zero-order valence-corrected chi connectivity index (χ0v) is 13.6. The van der Waals surface area contributed by atoms with Gasteiger partial charge in [-0.05, 0) is 47.2 Å². The number of aromatic nitrogens is 1. The molecule has 0 bridgehead atoms. The summed E-state index contributed by atoms with van der Waals surface area (Å²) in [5, 5.41) is 12.4. The third-order valence-corrected chi connectivity index (χ3v) is 4.23. The predicted octanol–water partition coefficient (Wildman–Crippen LogP) is 4.02. The molecule has 100 valence electrons. The monoisotopic (exact) mass is 408 g/mol. The van der Waals surface area contributed by atoms with Crippen LogP contribution in [0.2, 0.25) is 4.47 Å². The molecule has 4 nitrogen and oxygen atoms in total. The quantitative estimate of drug-likeness (QED) is 0.750. The first-order chi connectivity index (χ1) is 8.97. The number of carboxylic acids is 1. The van der Waals surface area contributed by atoms with Crippen molar-refractivity contribution >= 4 is 57.2 Å². The third-order valence-electron chi connectivity index (χ3n) is 2.50. The number of aromatic carboxylic acids is 1. The van der Waals surface area contributed by atoms with E-state index in [1.165, 1.54) is 11.3 Å². The number of halogens is 2. The van der Waals surface area contributed by atoms with Gasteiger partial charge in [-0.1, -0.05) is 11.6 Å². The second-order valence-corrected chi connectivity index (χ2v) is 6.83. The largest absolute Gasteiger partial charge is 0.478 e. The van der Waals surface area contributed by atoms with Gasteiger partial charge in [0.2, 0.25) is 0 Å². The Kier molecular flexibility index (Phi) is 4.64. The maximum absolute atomic E-state index is 11.3. The fourth-order valence-electron chi connectivity index (χ4n) is 1.69. The SMILES string of the molecule is Cc1cc(I)cc(C(=O)O)c1NCc1cnc(Cl)s1. The number of aryl methyl sites for hydroxylation is 1. The van der Waals surface area contributed by atoms with E-state index in [2.05, 4.69) is 32.9 Å². The molecule has 0 saturated heterocycles. The molecule has 0 aliphatic carbocycles. The molecule has 1 heterocycles. The molecule has 0 fully saturated rings. The lowest BCUT2D eigenvalue weighted by Crippen LogP contribution is -2.08. The minimum absolute atomic E-state index is 0.278. The summed E-state index contributed by atoms with van der Waals surface area (Å²) in [5.74, 6) is -0.938. The number of benzene rings is 1. The van der Waals surface area contributed by atoms with E-state index >= 15 is 0 Å². The van der Waals surface area contributed by atoms with Crippen LogP contribution >= 0.6 is 45.5 Å². The van der Waals surface area contributed by atoms with Gasteiger partial charge in [0.15, 0.2) is 4.47 Å². The summed E-state index contributed by atoms with van der Waals surface area (Å²) < 4.78 is 1.38. The number of carbonyl (C=O) groups is 1. The number of nitrogens with one attached hydrogen (secondary N) is 1. The molecule has 2 N–H and O–H groups in total. The first kappa shape index (κ1) is 14.5. The van der Waals surface area contributed by atoms with Crippen molar-refractivity contribution in [2.75, 3.05) is 5.32 Å². The van der Waals surface area contributed by atoms with Gasteiger partial charge in [-0.2, -0.15) is 0 Å². The van der Waals surface area contributed by atoms with E-state index in [1.807, 2.05) is 13.0 Å². The predicted molar refractivity (Wildman–Crippen MR) is 85.3 cm³/mol. The van der Waals surface area contributed by atoms with Crippen LogP contribution in [0.4, 0.5) is 5.69 Å². The van der Waals surface area contributed by atoms with Crippen LogP contribution in [-0.4, -0.2) is 16.1 Å². The third kappa shape index (κ3) is 3.58. The van der Waals surface area contributed by atoms with Crippen molar-refractivity contribution < 1.29 is 9.90 Å². The van der Waals surface area contributed by atoms with Gasteiger partial charge in [0.05, 0.1) is 17.8 Å². The van der Waals surface area contributed by atoms with Crippen LogP contribution in [0.3, 0.4) is 0 Å². The van der Waals surface area contributed by atoms with E-state index in [-0.39, 0.29) is 5.56 Å². The molecule has 0 aliphatic rings. The number of rotatable bonds is 4. The molecule has 2 rings (SSSR count). The van der Waals surface area contributed by atoms with E-state index in [9.17, 15) is 9.90 Å². The van der Waals surface area contributed by atoms with Gasteiger partial charge in [0.25, 0.3) is 0 Å². The van der Waals surface area contributed by atoms with Crippen molar-refractivity contribution in [1.82, 2.24) is 4.98 Å². The van der Waals surface area contributed by atoms with Crippen molar-refractivity contribution in [3.63, 3.8) is 0 Å². The number of nitrogens with zero attached hydrogens (tertiary/aromatic N) is 1. The molecular formula is C12H10ClIN2O2S. The molecular weight excluding hydrogens is 399 g/mol. The van der Waals surface area contributed by atoms with Crippen LogP contribution in [0.5, 0.6) is 0 Å². The van der Waals surface area contributed by atoms with Crippen molar-refractivity contribution in [3.05, 3.63) is 42.4 Å². The molecule has 1 aromatic heterocycles. The lowest BCUT2D eigenvalue weighted by Gasteiger charge is -2.12. The van der Waals surface area contributed by atoms with E-state index in [0.29, 0.717) is 16.7 Å². The molecule has 0 spiro atoms. The molecule has 0 unspecified atom stereocenters. The number of hydrogen-bond acceptors (Lipinski definition) is 4. The van der Waals surface area contributed by atoms with Crippen molar-refractivity contribution in [2.24, 2.45) is 0 Å². The van der Waals surface area contributed by atoms with Crippen molar-refractivity contribution in [3.8, 4) is 0 Å². The minimum Gasteiger partial charge on any atom is -0.478 e. The van der Waals surface area contributed by atoms with Crippen molar-refractivity contribution in [2.45, 2.75) is 13.5 Å². The summed E-state index contributed by atoms with van der Waals surface area (Å²) in [6, 6.07) is 3.59. The van der Waals surface area contributed by atoms with Crippen LogP contribution in [0.25, 0.3) is 0 Å². The summed E-state index contributed by atoms with van der Waals surface area (Å²) in [6.07, 6.45) is 1.68. The average molecular weight is 409 g/mol. The Morgan fingerprint density at radius 3 is 2.89 bits per heavy atom. The highest BCUT2D eigenvalue weighted by Crippen LogP contribution is 2.26. The normalized spacial score (nSPS) is 10.5. The Morgan fingerprint density at radius 1 is 1.58 bits per heavy atom. The van der Waals surface area contributed by atoms with E-state index in [0.717, 1.165) is 14.0 Å². The van der Waals surface area contributed by atoms with E-state index in [4.69, 9.17) is 11.6 Å². The number of carboxylic acid groups (broad SMARTS) is 1. The number of thiazole rings is 1. The zero-order valence-electron chi connectivity index (χ0n) is 9.91. The Morgan fingerprint density at radius 2 is 2.32 bits per heavy atom. The van der Waals surface area contributed by atoms with Crippen molar-refractivity contribution in [1.29, 1.82) is 0 Å². The lowest BCUT2D eigenvalue weighted by atomic mass is 10.1. The molecule has 1 aromatic carbocycles. The summed E-state index contributed by atoms with van der Waals surface area (Å²) in [4.78, 5) is 16.2. The molecule has 19 heavy (non-hydrogen) atoms. The smallest absolute Gasteiger partial charge is 0.337 e. The second kappa shape index (κ2) is 6.06. The van der Waals surface area contributed by atoms with Gasteiger partial charge in [0.1, 0.15) is 0 Å². The molecule has 0 aliphatic heterocycles. The van der Waals surface area contributed by atoms with Gasteiger partial charge >= 0.3 is 5.97 Å². The number of hydrogen-bond donors (Lipinski definition) is 2. The Hall–Kier alpha value is -0.860. The summed E-state index contributed by atoms with van der Waals surface area (Å²) in [7, 11) is 0. The van der Waals surface area contributed by atoms with Gasteiger partial charge in [-0.3, -0.25) is 0 Å². The Bertz CT molecular complexity index is 630. The minimum atomic E-state index is -0.938. The number of anilines is 1.